The van der Waals surface area contributed by atoms with Gasteiger partial charge in [0.2, 0.25) is 6.86 Å². The molecule has 0 heterocycles. The van der Waals surface area contributed by atoms with Gasteiger partial charge in [-0.25, -0.2) is 4.39 Å². The lowest BCUT2D eigenvalue weighted by Gasteiger charge is -2.07. The Morgan fingerprint density at radius 2 is 1.29 bits per heavy atom. The van der Waals surface area contributed by atoms with Crippen LogP contribution in [0.2, 0.25) is 0 Å². The monoisotopic (exact) mass is 458 g/mol. The van der Waals surface area contributed by atoms with Crippen molar-refractivity contribution in [2.24, 2.45) is 0 Å². The molecule has 0 N–H and O–H groups in total. The van der Waals surface area contributed by atoms with Gasteiger partial charge in [0.05, 0.1) is 21.3 Å². The first kappa shape index (κ1) is 33.7. The molecule has 0 spiro atoms. The number of aryl methyl sites for hydroxylation is 3. The van der Waals surface area contributed by atoms with Gasteiger partial charge < -0.3 is 14.2 Å². The number of hydrogen-bond acceptors (Lipinski definition) is 5. The minimum absolute atomic E-state index is 0.693. The summed E-state index contributed by atoms with van der Waals surface area (Å²) in [5.74, 6) is 2.67. The number of alkyl halides is 1. The first-order chi connectivity index (χ1) is 15.0. The first-order valence-electron chi connectivity index (χ1n) is 10.5. The maximum atomic E-state index is 10.8. The molecule has 31 heavy (non-hydrogen) atoms. The molecule has 0 aliphatic carbocycles. The second-order valence-electron chi connectivity index (χ2n) is 5.38. The van der Waals surface area contributed by atoms with E-state index in [2.05, 4.69) is 31.0 Å². The molecule has 6 heteroatoms. The minimum atomic E-state index is -0.693. The first-order valence-corrected chi connectivity index (χ1v) is 11.7. The molecule has 180 valence electrons. The number of rotatable bonds is 6. The van der Waals surface area contributed by atoms with Crippen LogP contribution in [0.5, 0.6) is 17.2 Å². The van der Waals surface area contributed by atoms with E-state index >= 15 is 0 Å². The van der Waals surface area contributed by atoms with Gasteiger partial charge in [-0.1, -0.05) is 46.8 Å². The Hall–Kier alpha value is -1.92. The second kappa shape index (κ2) is 24.4. The Bertz CT molecular complexity index is 649. The normalized spacial score (nSPS) is 8.52. The molecule has 0 amide bonds. The van der Waals surface area contributed by atoms with Crippen molar-refractivity contribution in [1.29, 1.82) is 0 Å². The van der Waals surface area contributed by atoms with Crippen LogP contribution in [-0.4, -0.2) is 34.4 Å². The summed E-state index contributed by atoms with van der Waals surface area (Å²) in [5, 5.41) is 0. The number of halogens is 1. The van der Waals surface area contributed by atoms with Crippen LogP contribution in [0.3, 0.4) is 0 Å². The predicted octanol–water partition coefficient (Wildman–Crippen LogP) is 7.84. The van der Waals surface area contributed by atoms with Crippen LogP contribution in [0.4, 0.5) is 4.39 Å². The molecule has 0 aromatic heterocycles. The van der Waals surface area contributed by atoms with Gasteiger partial charge >= 0.3 is 0 Å². The third kappa shape index (κ3) is 16.4. The topological polar surface area (TPSA) is 36.9 Å². The van der Waals surface area contributed by atoms with Gasteiger partial charge in [0.15, 0.2) is 0 Å². The Balaban J connectivity index is -0.000000373. The summed E-state index contributed by atoms with van der Waals surface area (Å²) in [5.41, 5.74) is 3.79. The van der Waals surface area contributed by atoms with Crippen LogP contribution < -0.4 is 14.2 Å². The summed E-state index contributed by atoms with van der Waals surface area (Å²) in [6.07, 6.45) is 2.65. The molecule has 0 saturated carbocycles. The van der Waals surface area contributed by atoms with Crippen molar-refractivity contribution in [3.63, 3.8) is 0 Å². The van der Waals surface area contributed by atoms with E-state index in [1.165, 1.54) is 16.7 Å². The van der Waals surface area contributed by atoms with E-state index in [-0.39, 0.29) is 0 Å². The minimum Gasteiger partial charge on any atom is -0.497 e. The molecule has 0 aliphatic heterocycles. The van der Waals surface area contributed by atoms with Crippen molar-refractivity contribution in [2.75, 3.05) is 34.4 Å². The van der Waals surface area contributed by atoms with Gasteiger partial charge in [-0.05, 0) is 67.2 Å². The Labute approximate surface area is 194 Å². The highest BCUT2D eigenvalue weighted by molar-refractivity contribution is 7.93. The molecule has 2 aromatic rings. The van der Waals surface area contributed by atoms with Crippen molar-refractivity contribution in [3.8, 4) is 17.2 Å². The lowest BCUT2D eigenvalue weighted by molar-refractivity contribution is 0.226. The fourth-order valence-corrected chi connectivity index (χ4v) is 2.12. The van der Waals surface area contributed by atoms with Gasteiger partial charge in [-0.2, -0.15) is 0 Å². The molecule has 0 unspecified atom stereocenters. The number of hydrogen-bond donors (Lipinski definition) is 0. The van der Waals surface area contributed by atoms with Crippen molar-refractivity contribution in [1.82, 2.24) is 0 Å². The molecule has 2 rings (SSSR count). The molecule has 2 aromatic carbocycles. The summed E-state index contributed by atoms with van der Waals surface area (Å²) >= 11 is 1.03. The van der Waals surface area contributed by atoms with Gasteiger partial charge in [0.1, 0.15) is 17.2 Å². The van der Waals surface area contributed by atoms with Crippen LogP contribution in [0.15, 0.2) is 36.4 Å². The van der Waals surface area contributed by atoms with E-state index in [1.807, 2.05) is 58.0 Å². The zero-order chi connectivity index (χ0) is 24.7. The Kier molecular flexibility index (Phi) is 26.5. The van der Waals surface area contributed by atoms with Crippen molar-refractivity contribution in [3.05, 3.63) is 53.1 Å². The molecular weight excluding hydrogens is 415 g/mol. The lowest BCUT2D eigenvalue weighted by atomic mass is 10.1. The van der Waals surface area contributed by atoms with Crippen molar-refractivity contribution in [2.45, 2.75) is 54.9 Å². The maximum absolute atomic E-state index is 10.8. The molecular formula is C25H43FO4S. The molecule has 0 aliphatic rings. The smallest absolute Gasteiger partial charge is 0.201 e. The van der Waals surface area contributed by atoms with Crippen LogP contribution in [0.25, 0.3) is 0 Å². The van der Waals surface area contributed by atoms with E-state index < -0.39 is 6.86 Å². The SMILES string of the molecule is CC.CC.CCc1ccc(OC)cc1OC.COc1ccc(C)c(C)c1.CSOCF. The standard InChI is InChI=1S/C10H14O2.C9H12O.C2H5FOS.2C2H6/c1-4-8-5-6-9(11-2)7-10(8)12-3;1-7-4-5-9(10-3)6-8(7)2;1-5-4-2-3;2*1-2/h5-7H,4H2,1-3H3;4-6H,1-3H3;2H2,1H3;2*1-2H3. The second-order valence-corrected chi connectivity index (χ2v) is 5.94. The quantitative estimate of drug-likeness (QED) is 0.412. The van der Waals surface area contributed by atoms with Gasteiger partial charge in [-0.15, -0.1) is 0 Å². The van der Waals surface area contributed by atoms with E-state index in [4.69, 9.17) is 14.2 Å². The Morgan fingerprint density at radius 3 is 1.65 bits per heavy atom. The zero-order valence-corrected chi connectivity index (χ0v) is 22.1. The third-order valence-electron chi connectivity index (χ3n) is 3.75. The molecule has 0 atom stereocenters. The molecule has 4 nitrogen and oxygen atoms in total. The third-order valence-corrected chi connectivity index (χ3v) is 4.08. The van der Waals surface area contributed by atoms with E-state index in [9.17, 15) is 4.39 Å². The van der Waals surface area contributed by atoms with Crippen LogP contribution in [0, 0.1) is 13.8 Å². The highest BCUT2D eigenvalue weighted by atomic mass is 32.2. The van der Waals surface area contributed by atoms with Crippen molar-refractivity contribution >= 4 is 12.0 Å². The average Bonchev–Trinajstić information content (AvgIpc) is 2.84. The summed E-state index contributed by atoms with van der Waals surface area (Å²) in [6, 6.07) is 11.9. The lowest BCUT2D eigenvalue weighted by Crippen LogP contribution is -1.91. The van der Waals surface area contributed by atoms with Crippen LogP contribution >= 0.6 is 12.0 Å². The van der Waals surface area contributed by atoms with Crippen molar-refractivity contribution < 1.29 is 22.8 Å². The number of ether oxygens (including phenoxy) is 3. The molecule has 0 radical (unpaired) electrons. The largest absolute Gasteiger partial charge is 0.497 e. The fourth-order valence-electron chi connectivity index (χ4n) is 2.03. The van der Waals surface area contributed by atoms with E-state index in [1.54, 1.807) is 27.6 Å². The number of benzene rings is 2. The van der Waals surface area contributed by atoms with Crippen LogP contribution in [-0.2, 0) is 10.6 Å². The van der Waals surface area contributed by atoms with E-state index in [0.717, 1.165) is 35.7 Å². The fraction of sp³-hybridized carbons (Fsp3) is 0.520. The zero-order valence-electron chi connectivity index (χ0n) is 21.3. The highest BCUT2D eigenvalue weighted by Crippen LogP contribution is 2.24. The molecule has 0 saturated heterocycles. The van der Waals surface area contributed by atoms with Crippen LogP contribution in [0.1, 0.15) is 51.3 Å². The summed E-state index contributed by atoms with van der Waals surface area (Å²) < 4.78 is 30.2. The number of methoxy groups -OCH3 is 3. The van der Waals surface area contributed by atoms with Gasteiger partial charge in [-0.3, -0.25) is 4.18 Å². The summed E-state index contributed by atoms with van der Waals surface area (Å²) in [7, 11) is 5.01. The Morgan fingerprint density at radius 1 is 0.774 bits per heavy atom. The summed E-state index contributed by atoms with van der Waals surface area (Å²) in [6.45, 7) is 13.6. The highest BCUT2D eigenvalue weighted by Gasteiger charge is 2.01. The predicted molar refractivity (Wildman–Crippen MR) is 135 cm³/mol. The van der Waals surface area contributed by atoms with Gasteiger partial charge in [0, 0.05) is 12.3 Å². The molecule has 0 bridgehead atoms. The molecule has 0 fully saturated rings. The van der Waals surface area contributed by atoms with E-state index in [0.29, 0.717) is 0 Å². The average molecular weight is 459 g/mol. The maximum Gasteiger partial charge on any atom is 0.201 e. The summed E-state index contributed by atoms with van der Waals surface area (Å²) in [4.78, 5) is 0. The van der Waals surface area contributed by atoms with Gasteiger partial charge in [0.25, 0.3) is 0 Å².